The number of aliphatic hydroxyl groups excluding tert-OH is 2. The maximum atomic E-state index is 13.2. The molecule has 18 heteroatoms. The molecule has 0 aromatic heterocycles. The number of halogens is 2. The quantitative estimate of drug-likeness (QED) is 0.0392. The van der Waals surface area contributed by atoms with Crippen LogP contribution in [0, 0.1) is 0 Å². The largest absolute Gasteiger partial charge is 0.469 e. The third-order valence-corrected chi connectivity index (χ3v) is 13.0. The van der Waals surface area contributed by atoms with Crippen molar-refractivity contribution in [3.63, 3.8) is 0 Å². The molecule has 6 rings (SSSR count). The number of nitrogens with one attached hydrogen (secondary N) is 1. The maximum Gasteiger partial charge on any atom is 0.305 e. The fourth-order valence-corrected chi connectivity index (χ4v) is 9.38. The molecule has 3 aliphatic rings. The molecule has 0 aliphatic carbocycles. The summed E-state index contributed by atoms with van der Waals surface area (Å²) in [6.07, 6.45) is -6.27. The van der Waals surface area contributed by atoms with E-state index < -0.39 is 96.9 Å². The Morgan fingerprint density at radius 1 is 0.725 bits per heavy atom. The van der Waals surface area contributed by atoms with E-state index in [1.54, 1.807) is 0 Å². The molecule has 1 amide bonds. The van der Waals surface area contributed by atoms with Crippen LogP contribution in [-0.4, -0.2) is 132 Å². The van der Waals surface area contributed by atoms with Crippen LogP contribution >= 0.6 is 23.2 Å². The van der Waals surface area contributed by atoms with Gasteiger partial charge >= 0.3 is 5.97 Å². The van der Waals surface area contributed by atoms with Crippen LogP contribution in [0.15, 0.2) is 91.0 Å². The average molecular weight is 1010 g/mol. The number of hydrogen-bond donors (Lipinski definition) is 4. The second-order valence-electron chi connectivity index (χ2n) is 17.7. The first-order valence-corrected chi connectivity index (χ1v) is 24.7. The van der Waals surface area contributed by atoms with Crippen molar-refractivity contribution in [2.24, 2.45) is 0 Å². The first kappa shape index (κ1) is 55.0. The Bertz CT molecular complexity index is 1940. The molecule has 0 bridgehead atoms. The lowest BCUT2D eigenvalue weighted by atomic mass is 9.94. The minimum Gasteiger partial charge on any atom is -0.469 e. The molecule has 4 N–H and O–H groups in total. The molecule has 0 radical (unpaired) electrons. The Balaban J connectivity index is 1.32. The van der Waals surface area contributed by atoms with E-state index in [0.29, 0.717) is 12.8 Å². The number of methoxy groups -OCH3 is 1. The lowest BCUT2D eigenvalue weighted by Crippen LogP contribution is -2.69. The van der Waals surface area contributed by atoms with E-state index in [1.807, 2.05) is 97.9 Å². The Morgan fingerprint density at radius 3 is 1.83 bits per heavy atom. The summed E-state index contributed by atoms with van der Waals surface area (Å²) >= 11 is 12.4. The van der Waals surface area contributed by atoms with Gasteiger partial charge < -0.3 is 68.0 Å². The highest BCUT2D eigenvalue weighted by Crippen LogP contribution is 2.39. The minimum atomic E-state index is -2.00. The zero-order chi connectivity index (χ0) is 49.2. The van der Waals surface area contributed by atoms with Gasteiger partial charge in [0.15, 0.2) is 29.5 Å². The van der Waals surface area contributed by atoms with Crippen molar-refractivity contribution in [2.45, 2.75) is 176 Å². The number of amides is 1. The van der Waals surface area contributed by atoms with Crippen molar-refractivity contribution in [1.82, 2.24) is 5.32 Å². The minimum absolute atomic E-state index is 0.0461. The monoisotopic (exact) mass is 1010 g/mol. The van der Waals surface area contributed by atoms with Crippen LogP contribution in [0.1, 0.15) is 88.3 Å². The molecule has 382 valence electrons. The molecule has 0 spiro atoms. The highest BCUT2D eigenvalue weighted by molar-refractivity contribution is 6.25. The second kappa shape index (κ2) is 28.1. The van der Waals surface area contributed by atoms with E-state index in [2.05, 4.69) is 5.32 Å². The maximum absolute atomic E-state index is 13.2. The van der Waals surface area contributed by atoms with Gasteiger partial charge in [-0.1, -0.05) is 140 Å². The molecular formula is C51H69Cl2NO15. The fourth-order valence-electron chi connectivity index (χ4n) is 8.77. The van der Waals surface area contributed by atoms with Crippen molar-refractivity contribution < 1.29 is 72.3 Å². The van der Waals surface area contributed by atoms with Crippen molar-refractivity contribution in [2.75, 3.05) is 20.3 Å². The van der Waals surface area contributed by atoms with Crippen molar-refractivity contribution >= 4 is 35.1 Å². The summed E-state index contributed by atoms with van der Waals surface area (Å²) in [6.45, 7) is 3.48. The van der Waals surface area contributed by atoms with Crippen LogP contribution in [0.4, 0.5) is 0 Å². The zero-order valence-electron chi connectivity index (χ0n) is 39.6. The summed E-state index contributed by atoms with van der Waals surface area (Å²) in [5, 5.41) is 33.2. The molecule has 3 aromatic carbocycles. The molecule has 3 fully saturated rings. The van der Waals surface area contributed by atoms with Gasteiger partial charge in [-0.15, -0.1) is 0 Å². The predicted molar refractivity (Wildman–Crippen MR) is 253 cm³/mol. The van der Waals surface area contributed by atoms with Gasteiger partial charge in [0.25, 0.3) is 0 Å². The zero-order valence-corrected chi connectivity index (χ0v) is 41.1. The topological polar surface area (TPSA) is 199 Å². The highest BCUT2D eigenvalue weighted by Gasteiger charge is 2.55. The van der Waals surface area contributed by atoms with Gasteiger partial charge in [0.2, 0.25) is 5.91 Å². The van der Waals surface area contributed by atoms with E-state index in [-0.39, 0.29) is 45.2 Å². The number of benzene rings is 3. The normalized spacial score (nSPS) is 30.9. The van der Waals surface area contributed by atoms with E-state index >= 15 is 0 Å². The van der Waals surface area contributed by atoms with Crippen LogP contribution in [0.25, 0.3) is 0 Å². The molecule has 2 unspecified atom stereocenters. The van der Waals surface area contributed by atoms with E-state index in [0.717, 1.165) is 48.8 Å². The van der Waals surface area contributed by atoms with Gasteiger partial charge in [0, 0.05) is 26.4 Å². The van der Waals surface area contributed by atoms with Crippen molar-refractivity contribution in [3.8, 4) is 0 Å². The molecule has 3 aliphatic heterocycles. The van der Waals surface area contributed by atoms with Crippen molar-refractivity contribution in [1.29, 1.82) is 0 Å². The number of carbonyl (C=O) groups is 2. The number of hydrogen-bond acceptors (Lipinski definition) is 15. The Morgan fingerprint density at radius 2 is 1.28 bits per heavy atom. The van der Waals surface area contributed by atoms with Gasteiger partial charge in [0.05, 0.1) is 39.6 Å². The summed E-state index contributed by atoms with van der Waals surface area (Å²) < 4.78 is 64.4. The molecule has 14 atom stereocenters. The van der Waals surface area contributed by atoms with Gasteiger partial charge in [-0.3, -0.25) is 9.59 Å². The Labute approximate surface area is 415 Å². The predicted octanol–water partition coefficient (Wildman–Crippen LogP) is 6.39. The summed E-state index contributed by atoms with van der Waals surface area (Å²) in [7, 11) is 1.38. The molecule has 0 saturated carbocycles. The van der Waals surface area contributed by atoms with Crippen LogP contribution in [0.2, 0.25) is 0 Å². The molecule has 3 aromatic rings. The van der Waals surface area contributed by atoms with Gasteiger partial charge in [-0.05, 0) is 42.9 Å². The van der Waals surface area contributed by atoms with Crippen LogP contribution < -0.4 is 5.32 Å². The summed E-state index contributed by atoms with van der Waals surface area (Å²) in [5.41, 5.74) is 1.05. The number of alkyl halides is 2. The number of rotatable bonds is 26. The van der Waals surface area contributed by atoms with Crippen LogP contribution in [0.5, 0.6) is 0 Å². The standard InChI is InChI=1S/C51H69Cl2NO15/c1-33-42(62-30-35-19-11-8-12-20-35)45(63-31-36-21-13-9-14-22-36)46(64-32-37-23-15-10-16-24-37)50(65-33)69-44-41(54-34(2)56)49(61-28-18-7-5-4-6-17-25-39(57)60-3)66-38(29-55)43(44)67-40-26-27-51(53,59)47(68-40)48(52)58/h8-16,19-24,33,38,40-50,55,58-59H,4-7,17-18,25-32H2,1-3H3,(H,54,56)/t33-,38+,40+,41+,42+,43+,44+,45+,46-,47+,48?,49+,50?,51+/m0/s1. The van der Waals surface area contributed by atoms with Crippen LogP contribution in [-0.2, 0) is 76.8 Å². The van der Waals surface area contributed by atoms with Gasteiger partial charge in [-0.2, -0.15) is 0 Å². The first-order chi connectivity index (χ1) is 33.4. The number of carbonyl (C=O) groups excluding carboxylic acids is 2. The fraction of sp³-hybridized carbons (Fsp3) is 0.608. The molecular weight excluding hydrogens is 937 g/mol. The number of ether oxygens (including phenoxy) is 10. The third kappa shape index (κ3) is 16.6. The number of esters is 1. The second-order valence-corrected chi connectivity index (χ2v) is 18.8. The Hall–Kier alpha value is -3.30. The molecule has 16 nitrogen and oxygen atoms in total. The van der Waals surface area contributed by atoms with E-state index in [1.165, 1.54) is 14.0 Å². The summed E-state index contributed by atoms with van der Waals surface area (Å²) in [4.78, 5) is 24.7. The van der Waals surface area contributed by atoms with E-state index in [9.17, 15) is 24.9 Å². The molecule has 3 heterocycles. The average Bonchev–Trinajstić information content (AvgIpc) is 3.34. The SMILES string of the molecule is COC(=O)CCCCCCCCO[C@@H]1O[C@H](CO)[C@@H](O[C@H]2CC[C@](O)(Cl)[C@@H](C(O)Cl)O2)[C@H](OC2O[C@@H](C)[C@@H](OCc3ccccc3)[C@@H](OCc3ccccc3)[C@@H]2OCc2ccccc2)[C@H]1NC(C)=O. The smallest absolute Gasteiger partial charge is 0.305 e. The highest BCUT2D eigenvalue weighted by atomic mass is 35.5. The van der Waals surface area contributed by atoms with Gasteiger partial charge in [0.1, 0.15) is 48.8 Å². The lowest BCUT2D eigenvalue weighted by molar-refractivity contribution is -0.369. The Kier molecular flexibility index (Phi) is 22.4. The lowest BCUT2D eigenvalue weighted by Gasteiger charge is -2.51. The summed E-state index contributed by atoms with van der Waals surface area (Å²) in [6, 6.07) is 28.1. The molecule has 3 saturated heterocycles. The van der Waals surface area contributed by atoms with E-state index in [4.69, 9.17) is 70.6 Å². The van der Waals surface area contributed by atoms with Crippen LogP contribution in [0.3, 0.4) is 0 Å². The van der Waals surface area contributed by atoms with Gasteiger partial charge in [-0.25, -0.2) is 0 Å². The van der Waals surface area contributed by atoms with Crippen molar-refractivity contribution in [3.05, 3.63) is 108 Å². The third-order valence-electron chi connectivity index (χ3n) is 12.4. The first-order valence-electron chi connectivity index (χ1n) is 23.9. The molecule has 69 heavy (non-hydrogen) atoms. The number of aliphatic hydroxyl groups is 3. The number of unbranched alkanes of at least 4 members (excludes halogenated alkanes) is 5. The summed E-state index contributed by atoms with van der Waals surface area (Å²) in [5.74, 6) is -0.653.